The van der Waals surface area contributed by atoms with E-state index in [1.807, 2.05) is 24.3 Å². The van der Waals surface area contributed by atoms with Crippen LogP contribution in [0.15, 0.2) is 60.8 Å². The topological polar surface area (TPSA) is 80.7 Å². The summed E-state index contributed by atoms with van der Waals surface area (Å²) in [7, 11) is 1.53. The minimum atomic E-state index is -0.740. The number of ether oxygens (including phenoxy) is 2. The number of carbonyl (C=O) groups is 1. The number of aromatic nitrogens is 1. The number of hydrogen-bond donors (Lipinski definition) is 2. The van der Waals surface area contributed by atoms with Crippen molar-refractivity contribution < 1.29 is 19.4 Å². The van der Waals surface area contributed by atoms with Gasteiger partial charge in [0.1, 0.15) is 5.41 Å². The average molecular weight is 425 g/mol. The molecule has 0 radical (unpaired) electrons. The number of hydrogen-bond acceptors (Lipinski definition) is 5. The van der Waals surface area contributed by atoms with E-state index in [1.165, 1.54) is 7.11 Å². The van der Waals surface area contributed by atoms with E-state index in [2.05, 4.69) is 10.3 Å². The van der Waals surface area contributed by atoms with Gasteiger partial charge in [-0.15, -0.1) is 0 Å². The van der Waals surface area contributed by atoms with Gasteiger partial charge in [-0.2, -0.15) is 0 Å². The number of rotatable bonds is 6. The van der Waals surface area contributed by atoms with Crippen LogP contribution in [0.1, 0.15) is 11.1 Å². The van der Waals surface area contributed by atoms with Gasteiger partial charge in [0.05, 0.1) is 26.9 Å². The van der Waals surface area contributed by atoms with Crippen LogP contribution in [0.5, 0.6) is 5.88 Å². The van der Waals surface area contributed by atoms with Crippen molar-refractivity contribution in [1.82, 2.24) is 4.98 Å². The van der Waals surface area contributed by atoms with E-state index in [-0.39, 0.29) is 12.5 Å². The zero-order valence-electron chi connectivity index (χ0n) is 16.4. The van der Waals surface area contributed by atoms with Crippen LogP contribution in [0.4, 0.5) is 5.69 Å². The van der Waals surface area contributed by atoms with Crippen molar-refractivity contribution in [2.45, 2.75) is 12.0 Å². The maximum Gasteiger partial charge on any atom is 0.239 e. The van der Waals surface area contributed by atoms with Crippen molar-refractivity contribution in [3.8, 4) is 17.0 Å². The Bertz CT molecular complexity index is 1050. The number of nitrogens with zero attached hydrogens (tertiary/aromatic N) is 1. The summed E-state index contributed by atoms with van der Waals surface area (Å²) < 4.78 is 10.5. The number of carbonyl (C=O) groups excluding carboxylic acids is 1. The van der Waals surface area contributed by atoms with Crippen molar-refractivity contribution in [2.75, 3.05) is 25.6 Å². The van der Waals surface area contributed by atoms with Gasteiger partial charge in [0.15, 0.2) is 0 Å². The maximum atomic E-state index is 13.0. The lowest BCUT2D eigenvalue weighted by Crippen LogP contribution is -2.55. The molecule has 2 N–H and O–H groups in total. The third-order valence-electron chi connectivity index (χ3n) is 5.33. The van der Waals surface area contributed by atoms with Crippen LogP contribution < -0.4 is 10.1 Å². The van der Waals surface area contributed by atoms with E-state index in [0.29, 0.717) is 29.8 Å². The van der Waals surface area contributed by atoms with E-state index in [4.69, 9.17) is 21.1 Å². The van der Waals surface area contributed by atoms with Crippen molar-refractivity contribution >= 4 is 23.2 Å². The van der Waals surface area contributed by atoms with Gasteiger partial charge in [0.25, 0.3) is 0 Å². The Morgan fingerprint density at radius 3 is 2.47 bits per heavy atom. The fourth-order valence-corrected chi connectivity index (χ4v) is 3.59. The second-order valence-corrected chi connectivity index (χ2v) is 7.59. The quantitative estimate of drug-likeness (QED) is 0.629. The molecule has 2 heterocycles. The van der Waals surface area contributed by atoms with E-state index >= 15 is 0 Å². The molecule has 3 aromatic rings. The molecule has 0 bridgehead atoms. The van der Waals surface area contributed by atoms with Gasteiger partial charge in [-0.3, -0.25) is 4.79 Å². The molecule has 1 aromatic heterocycles. The van der Waals surface area contributed by atoms with Crippen molar-refractivity contribution in [3.05, 3.63) is 76.9 Å². The summed E-state index contributed by atoms with van der Waals surface area (Å²) in [6.07, 6.45) is 1.68. The summed E-state index contributed by atoms with van der Waals surface area (Å²) in [5.74, 6) is 0.329. The minimum Gasteiger partial charge on any atom is -0.481 e. The summed E-state index contributed by atoms with van der Waals surface area (Å²) in [6, 6.07) is 16.4. The Balaban J connectivity index is 1.59. The molecule has 1 saturated heterocycles. The first-order valence-corrected chi connectivity index (χ1v) is 9.83. The van der Waals surface area contributed by atoms with Gasteiger partial charge in [-0.05, 0) is 41.0 Å². The highest BCUT2D eigenvalue weighted by Gasteiger charge is 2.47. The Morgan fingerprint density at radius 2 is 1.90 bits per heavy atom. The molecule has 1 aliphatic rings. The van der Waals surface area contributed by atoms with Crippen molar-refractivity contribution in [3.63, 3.8) is 0 Å². The van der Waals surface area contributed by atoms with Crippen LogP contribution in [0, 0.1) is 0 Å². The number of nitrogens with one attached hydrogen (secondary N) is 1. The second-order valence-electron chi connectivity index (χ2n) is 7.16. The maximum absolute atomic E-state index is 13.0. The van der Waals surface area contributed by atoms with Crippen LogP contribution in [-0.4, -0.2) is 36.3 Å². The van der Waals surface area contributed by atoms with E-state index in [9.17, 15) is 9.90 Å². The van der Waals surface area contributed by atoms with E-state index in [0.717, 1.165) is 22.3 Å². The molecular weight excluding hydrogens is 404 g/mol. The predicted molar refractivity (Wildman–Crippen MR) is 115 cm³/mol. The number of amides is 1. The lowest BCUT2D eigenvalue weighted by molar-refractivity contribution is -0.139. The SMILES string of the molecule is COc1cc(CO)c(-c2ccc(C3(C(=O)Nc4ccc(Cl)cc4)COC3)cc2)cn1. The third-order valence-corrected chi connectivity index (χ3v) is 5.58. The first kappa shape index (κ1) is 20.3. The molecule has 1 amide bonds. The van der Waals surface area contributed by atoms with Gasteiger partial charge >= 0.3 is 0 Å². The Labute approximate surface area is 179 Å². The zero-order valence-corrected chi connectivity index (χ0v) is 17.1. The number of anilines is 1. The highest BCUT2D eigenvalue weighted by Crippen LogP contribution is 2.36. The molecule has 0 aliphatic carbocycles. The highest BCUT2D eigenvalue weighted by molar-refractivity contribution is 6.30. The number of halogens is 1. The molecule has 1 fully saturated rings. The number of methoxy groups -OCH3 is 1. The first-order chi connectivity index (χ1) is 14.6. The standard InChI is InChI=1S/C23H21ClN2O4/c1-29-21-10-16(12-27)20(11-25-21)15-2-4-17(5-3-15)23(13-30-14-23)22(28)26-19-8-6-18(24)7-9-19/h2-11,27H,12-14H2,1H3,(H,26,28). The Hall–Kier alpha value is -2.93. The number of benzene rings is 2. The number of aliphatic hydroxyl groups is 1. The number of aliphatic hydroxyl groups excluding tert-OH is 1. The molecule has 0 atom stereocenters. The lowest BCUT2D eigenvalue weighted by Gasteiger charge is -2.40. The molecule has 1 aliphatic heterocycles. The van der Waals surface area contributed by atoms with Gasteiger partial charge in [-0.1, -0.05) is 35.9 Å². The van der Waals surface area contributed by atoms with Crippen LogP contribution >= 0.6 is 11.6 Å². The van der Waals surface area contributed by atoms with E-state index in [1.54, 1.807) is 36.5 Å². The summed E-state index contributed by atoms with van der Waals surface area (Å²) >= 11 is 5.92. The highest BCUT2D eigenvalue weighted by atomic mass is 35.5. The summed E-state index contributed by atoms with van der Waals surface area (Å²) in [4.78, 5) is 17.3. The van der Waals surface area contributed by atoms with Crippen LogP contribution in [0.3, 0.4) is 0 Å². The third kappa shape index (κ3) is 3.77. The predicted octanol–water partition coefficient (Wildman–Crippen LogP) is 3.81. The van der Waals surface area contributed by atoms with E-state index < -0.39 is 5.41 Å². The molecule has 7 heteroatoms. The van der Waals surface area contributed by atoms with Crippen LogP contribution in [-0.2, 0) is 21.6 Å². The zero-order chi connectivity index (χ0) is 21.1. The smallest absolute Gasteiger partial charge is 0.239 e. The molecule has 0 spiro atoms. The Morgan fingerprint density at radius 1 is 1.20 bits per heavy atom. The summed E-state index contributed by atoms with van der Waals surface area (Å²) in [6.45, 7) is 0.507. The normalized spacial score (nSPS) is 14.6. The van der Waals surface area contributed by atoms with Crippen LogP contribution in [0.2, 0.25) is 5.02 Å². The molecule has 0 saturated carbocycles. The monoisotopic (exact) mass is 424 g/mol. The van der Waals surface area contributed by atoms with Gasteiger partial charge in [0.2, 0.25) is 11.8 Å². The second kappa shape index (κ2) is 8.44. The summed E-state index contributed by atoms with van der Waals surface area (Å²) in [5.41, 5.74) is 3.24. The van der Waals surface area contributed by atoms with Gasteiger partial charge in [-0.25, -0.2) is 4.98 Å². The fourth-order valence-electron chi connectivity index (χ4n) is 3.47. The van der Waals surface area contributed by atoms with Crippen molar-refractivity contribution in [2.24, 2.45) is 0 Å². The minimum absolute atomic E-state index is 0.119. The first-order valence-electron chi connectivity index (χ1n) is 9.45. The lowest BCUT2D eigenvalue weighted by atomic mass is 9.77. The molecule has 0 unspecified atom stereocenters. The molecule has 4 rings (SSSR count). The van der Waals surface area contributed by atoms with Gasteiger partial charge < -0.3 is 19.9 Å². The molecular formula is C23H21ClN2O4. The number of pyridine rings is 1. The average Bonchev–Trinajstić information content (AvgIpc) is 2.74. The molecule has 6 nitrogen and oxygen atoms in total. The largest absolute Gasteiger partial charge is 0.481 e. The molecule has 154 valence electrons. The fraction of sp³-hybridized carbons (Fsp3) is 0.217. The van der Waals surface area contributed by atoms with Crippen LogP contribution in [0.25, 0.3) is 11.1 Å². The summed E-state index contributed by atoms with van der Waals surface area (Å²) in [5, 5.41) is 13.3. The van der Waals surface area contributed by atoms with Gasteiger partial charge in [0, 0.05) is 28.5 Å². The Kier molecular flexibility index (Phi) is 5.72. The van der Waals surface area contributed by atoms with Crippen molar-refractivity contribution in [1.29, 1.82) is 0 Å². The molecule has 2 aromatic carbocycles. The molecule has 30 heavy (non-hydrogen) atoms.